The molecule has 0 fully saturated rings. The lowest BCUT2D eigenvalue weighted by Gasteiger charge is -2.19. The molecule has 0 radical (unpaired) electrons. The van der Waals surface area contributed by atoms with Gasteiger partial charge in [0.25, 0.3) is 0 Å². The molecule has 0 aliphatic rings. The third-order valence-electron chi connectivity index (χ3n) is 3.69. The van der Waals surface area contributed by atoms with Crippen molar-refractivity contribution in [3.05, 3.63) is 29.5 Å². The fourth-order valence-corrected chi connectivity index (χ4v) is 2.55. The highest BCUT2D eigenvalue weighted by molar-refractivity contribution is 5.98. The van der Waals surface area contributed by atoms with E-state index in [1.807, 2.05) is 0 Å². The van der Waals surface area contributed by atoms with E-state index in [0.29, 0.717) is 36.0 Å². The normalized spacial score (nSPS) is 11.3. The average Bonchev–Trinajstić information content (AvgIpc) is 2.57. The van der Waals surface area contributed by atoms with Crippen molar-refractivity contribution in [2.24, 2.45) is 0 Å². The smallest absolute Gasteiger partial charge is 0.407 e. The van der Waals surface area contributed by atoms with E-state index in [1.165, 1.54) is 13.2 Å². The molecule has 0 spiro atoms. The topological polar surface area (TPSA) is 124 Å². The summed E-state index contributed by atoms with van der Waals surface area (Å²) in [6.07, 6.45) is 0.838. The molecule has 1 amide bonds. The Morgan fingerprint density at radius 1 is 1.26 bits per heavy atom. The maximum absolute atomic E-state index is 11.6. The van der Waals surface area contributed by atoms with Gasteiger partial charge in [-0.05, 0) is 51.3 Å². The van der Waals surface area contributed by atoms with Crippen LogP contribution in [-0.4, -0.2) is 41.4 Å². The van der Waals surface area contributed by atoms with Crippen LogP contribution >= 0.6 is 0 Å². The zero-order valence-corrected chi connectivity index (χ0v) is 16.0. The van der Waals surface area contributed by atoms with E-state index in [4.69, 9.17) is 10.5 Å². The summed E-state index contributed by atoms with van der Waals surface area (Å²) in [5, 5.41) is 13.4. The van der Waals surface area contributed by atoms with Crippen molar-refractivity contribution >= 4 is 28.7 Å². The van der Waals surface area contributed by atoms with E-state index in [9.17, 15) is 14.7 Å². The Morgan fingerprint density at radius 2 is 1.96 bits per heavy atom. The molecule has 27 heavy (non-hydrogen) atoms. The van der Waals surface area contributed by atoms with Crippen molar-refractivity contribution < 1.29 is 24.2 Å². The minimum absolute atomic E-state index is 0.0106. The number of esters is 1. The van der Waals surface area contributed by atoms with Gasteiger partial charge in [0.2, 0.25) is 0 Å². The van der Waals surface area contributed by atoms with Crippen LogP contribution in [-0.2, 0) is 15.9 Å². The number of nitrogens with one attached hydrogen (secondary N) is 1. The summed E-state index contributed by atoms with van der Waals surface area (Å²) >= 11 is 0. The molecule has 1 aromatic carbocycles. The predicted octanol–water partition coefficient (Wildman–Crippen LogP) is 2.77. The number of methoxy groups -OCH3 is 1. The molecule has 0 saturated carbocycles. The van der Waals surface area contributed by atoms with Crippen LogP contribution in [0.4, 0.5) is 10.5 Å². The minimum Gasteiger partial charge on any atom is -0.507 e. The fourth-order valence-electron chi connectivity index (χ4n) is 2.55. The zero-order valence-electron chi connectivity index (χ0n) is 16.0. The Kier molecular flexibility index (Phi) is 6.09. The van der Waals surface area contributed by atoms with E-state index >= 15 is 0 Å². The highest BCUT2D eigenvalue weighted by atomic mass is 16.6. The number of pyridine rings is 1. The second-order valence-electron chi connectivity index (χ2n) is 7.13. The quantitative estimate of drug-likeness (QED) is 0.417. The first-order valence-electron chi connectivity index (χ1n) is 8.58. The standard InChI is InChI=1S/C19H25N3O5/c1-19(2,3)27-18(25)21-7-5-6-11-8-12-15(23)10-14(17(24)26-4)22-16(12)13(20)9-11/h8-10H,5-7,20H2,1-4H3,(H,21,25)(H,22,23). The number of aromatic nitrogens is 1. The van der Waals surface area contributed by atoms with Gasteiger partial charge in [0.1, 0.15) is 11.4 Å². The van der Waals surface area contributed by atoms with Crippen molar-refractivity contribution in [3.8, 4) is 5.75 Å². The first-order valence-corrected chi connectivity index (χ1v) is 8.58. The SMILES string of the molecule is COC(=O)c1cc(O)c2cc(CCCNC(=O)OC(C)(C)C)cc(N)c2n1. The summed E-state index contributed by atoms with van der Waals surface area (Å²) in [5.74, 6) is -0.746. The molecule has 8 nitrogen and oxygen atoms in total. The van der Waals surface area contributed by atoms with E-state index in [2.05, 4.69) is 15.0 Å². The Bertz CT molecular complexity index is 859. The molecular weight excluding hydrogens is 350 g/mol. The van der Waals surface area contributed by atoms with Crippen LogP contribution in [0.2, 0.25) is 0 Å². The van der Waals surface area contributed by atoms with Gasteiger partial charge in [0.05, 0.1) is 18.3 Å². The van der Waals surface area contributed by atoms with E-state index in [-0.39, 0.29) is 11.4 Å². The van der Waals surface area contributed by atoms with Crippen LogP contribution in [0, 0.1) is 0 Å². The first-order chi connectivity index (χ1) is 12.6. The fraction of sp³-hybridized carbons (Fsp3) is 0.421. The Hall–Kier alpha value is -3.03. The summed E-state index contributed by atoms with van der Waals surface area (Å²) in [5.41, 5.74) is 7.07. The molecule has 0 unspecified atom stereocenters. The van der Waals surface area contributed by atoms with Crippen LogP contribution in [0.25, 0.3) is 10.9 Å². The summed E-state index contributed by atoms with van der Waals surface area (Å²) in [6, 6.07) is 4.76. The number of nitrogen functional groups attached to an aromatic ring is 1. The number of hydrogen-bond acceptors (Lipinski definition) is 7. The van der Waals surface area contributed by atoms with Crippen LogP contribution in [0.3, 0.4) is 0 Å². The number of nitrogens with two attached hydrogens (primary N) is 1. The van der Waals surface area contributed by atoms with Crippen molar-refractivity contribution in [1.82, 2.24) is 10.3 Å². The Morgan fingerprint density at radius 3 is 2.59 bits per heavy atom. The number of carbonyl (C=O) groups excluding carboxylic acids is 2. The number of fused-ring (bicyclic) bond motifs is 1. The number of ether oxygens (including phenoxy) is 2. The third-order valence-corrected chi connectivity index (χ3v) is 3.69. The van der Waals surface area contributed by atoms with E-state index in [1.54, 1.807) is 32.9 Å². The lowest BCUT2D eigenvalue weighted by atomic mass is 10.0. The number of alkyl carbamates (subject to hydrolysis) is 1. The van der Waals surface area contributed by atoms with Gasteiger partial charge in [-0.3, -0.25) is 0 Å². The molecule has 2 rings (SSSR count). The van der Waals surface area contributed by atoms with Gasteiger partial charge in [-0.25, -0.2) is 14.6 Å². The minimum atomic E-state index is -0.649. The number of rotatable bonds is 5. The van der Waals surface area contributed by atoms with Gasteiger partial charge in [-0.15, -0.1) is 0 Å². The lowest BCUT2D eigenvalue weighted by Crippen LogP contribution is -2.33. The number of carbonyl (C=O) groups is 2. The molecule has 0 saturated heterocycles. The van der Waals surface area contributed by atoms with Gasteiger partial charge in [0, 0.05) is 18.0 Å². The van der Waals surface area contributed by atoms with Crippen molar-refractivity contribution in [1.29, 1.82) is 0 Å². The molecule has 1 aromatic heterocycles. The van der Waals surface area contributed by atoms with Gasteiger partial charge < -0.3 is 25.6 Å². The number of nitrogens with zero attached hydrogens (tertiary/aromatic N) is 1. The molecule has 8 heteroatoms. The molecule has 4 N–H and O–H groups in total. The molecule has 2 aromatic rings. The van der Waals surface area contributed by atoms with Gasteiger partial charge in [-0.1, -0.05) is 0 Å². The van der Waals surface area contributed by atoms with Gasteiger partial charge in [0.15, 0.2) is 5.69 Å². The largest absolute Gasteiger partial charge is 0.507 e. The number of benzene rings is 1. The van der Waals surface area contributed by atoms with Crippen LogP contribution < -0.4 is 11.1 Å². The zero-order chi connectivity index (χ0) is 20.2. The molecular formula is C19H25N3O5. The van der Waals surface area contributed by atoms with Crippen LogP contribution in [0.15, 0.2) is 18.2 Å². The summed E-state index contributed by atoms with van der Waals surface area (Å²) < 4.78 is 9.79. The van der Waals surface area contributed by atoms with Gasteiger partial charge >= 0.3 is 12.1 Å². The summed E-state index contributed by atoms with van der Waals surface area (Å²) in [7, 11) is 1.24. The Balaban J connectivity index is 2.07. The number of aryl methyl sites for hydroxylation is 1. The van der Waals surface area contributed by atoms with Crippen molar-refractivity contribution in [2.45, 2.75) is 39.2 Å². The maximum Gasteiger partial charge on any atom is 0.407 e. The van der Waals surface area contributed by atoms with E-state index < -0.39 is 17.7 Å². The van der Waals surface area contributed by atoms with E-state index in [0.717, 1.165) is 5.56 Å². The van der Waals surface area contributed by atoms with Crippen LogP contribution in [0.5, 0.6) is 5.75 Å². The maximum atomic E-state index is 11.6. The summed E-state index contributed by atoms with van der Waals surface area (Å²) in [4.78, 5) is 27.4. The number of hydrogen-bond donors (Lipinski definition) is 3. The molecule has 0 aliphatic carbocycles. The first kappa shape index (κ1) is 20.3. The monoisotopic (exact) mass is 375 g/mol. The van der Waals surface area contributed by atoms with Gasteiger partial charge in [-0.2, -0.15) is 0 Å². The molecule has 0 aliphatic heterocycles. The third kappa shape index (κ3) is 5.47. The van der Waals surface area contributed by atoms with Crippen molar-refractivity contribution in [3.63, 3.8) is 0 Å². The number of anilines is 1. The highest BCUT2D eigenvalue weighted by Crippen LogP contribution is 2.30. The molecule has 0 atom stereocenters. The highest BCUT2D eigenvalue weighted by Gasteiger charge is 2.16. The molecule has 146 valence electrons. The second kappa shape index (κ2) is 8.11. The number of aromatic hydroxyl groups is 1. The average molecular weight is 375 g/mol. The predicted molar refractivity (Wildman–Crippen MR) is 102 cm³/mol. The number of amides is 1. The molecule has 1 heterocycles. The lowest BCUT2D eigenvalue weighted by molar-refractivity contribution is 0.0526. The molecule has 0 bridgehead atoms. The summed E-state index contributed by atoms with van der Waals surface area (Å²) in [6.45, 7) is 5.85. The second-order valence-corrected chi connectivity index (χ2v) is 7.13. The Labute approximate surface area is 157 Å². The van der Waals surface area contributed by atoms with Crippen molar-refractivity contribution in [2.75, 3.05) is 19.4 Å². The van der Waals surface area contributed by atoms with Crippen LogP contribution in [0.1, 0.15) is 43.2 Å².